The molecule has 5 rings (SSSR count). The highest BCUT2D eigenvalue weighted by Gasteiger charge is 2.40. The summed E-state index contributed by atoms with van der Waals surface area (Å²) in [7, 11) is 0. The van der Waals surface area contributed by atoms with E-state index in [-0.39, 0.29) is 0 Å². The molecule has 1 aromatic rings. The maximum Gasteiger partial charge on any atom is 0.223 e. The van der Waals surface area contributed by atoms with Crippen LogP contribution in [-0.2, 0) is 11.2 Å². The molecule has 2 atom stereocenters. The lowest BCUT2D eigenvalue weighted by molar-refractivity contribution is -0.130. The van der Waals surface area contributed by atoms with Gasteiger partial charge in [-0.05, 0) is 49.5 Å². The van der Waals surface area contributed by atoms with Crippen molar-refractivity contribution >= 4 is 5.91 Å². The Labute approximate surface area is 145 Å². The van der Waals surface area contributed by atoms with Crippen LogP contribution in [0, 0.1) is 17.8 Å². The number of hydrogen-bond acceptors (Lipinski definition) is 2. The SMILES string of the molecule is O=C(NC1CCN(CCc2ccccc2)C1)[C@H]1CC2CCC1CC2. The van der Waals surface area contributed by atoms with Crippen LogP contribution in [0.3, 0.4) is 0 Å². The molecule has 1 N–H and O–H groups in total. The third-order valence-corrected chi connectivity index (χ3v) is 6.56. The molecular formula is C21H30N2O. The van der Waals surface area contributed by atoms with Crippen LogP contribution in [0.1, 0.15) is 44.1 Å². The molecule has 1 unspecified atom stereocenters. The van der Waals surface area contributed by atoms with Crippen LogP contribution in [0.15, 0.2) is 30.3 Å². The van der Waals surface area contributed by atoms with Gasteiger partial charge in [-0.3, -0.25) is 4.79 Å². The van der Waals surface area contributed by atoms with Gasteiger partial charge >= 0.3 is 0 Å². The number of fused-ring (bicyclic) bond motifs is 3. The Balaban J connectivity index is 1.23. The molecule has 0 radical (unpaired) electrons. The van der Waals surface area contributed by atoms with E-state index in [2.05, 4.69) is 40.5 Å². The molecule has 3 aliphatic carbocycles. The molecule has 2 bridgehead atoms. The largest absolute Gasteiger partial charge is 0.352 e. The van der Waals surface area contributed by atoms with Crippen LogP contribution >= 0.6 is 0 Å². The van der Waals surface area contributed by atoms with Gasteiger partial charge in [-0.1, -0.05) is 43.2 Å². The summed E-state index contributed by atoms with van der Waals surface area (Å²) in [5.74, 6) is 2.18. The maximum atomic E-state index is 12.7. The molecule has 3 heteroatoms. The van der Waals surface area contributed by atoms with Crippen LogP contribution in [0.5, 0.6) is 0 Å². The number of nitrogens with one attached hydrogen (secondary N) is 1. The third kappa shape index (κ3) is 3.66. The highest BCUT2D eigenvalue weighted by molar-refractivity contribution is 5.79. The molecule has 4 fully saturated rings. The number of rotatable bonds is 5. The summed E-state index contributed by atoms with van der Waals surface area (Å²) in [6.45, 7) is 3.25. The lowest BCUT2D eigenvalue weighted by atomic mass is 9.64. The van der Waals surface area contributed by atoms with E-state index in [0.29, 0.717) is 23.8 Å². The zero-order valence-electron chi connectivity index (χ0n) is 14.6. The topological polar surface area (TPSA) is 32.3 Å². The lowest BCUT2D eigenvalue weighted by Crippen LogP contribution is -2.46. The maximum absolute atomic E-state index is 12.7. The van der Waals surface area contributed by atoms with E-state index >= 15 is 0 Å². The summed E-state index contributed by atoms with van der Waals surface area (Å²) < 4.78 is 0. The van der Waals surface area contributed by atoms with Gasteiger partial charge in [0, 0.05) is 31.6 Å². The number of carbonyl (C=O) groups is 1. The minimum atomic E-state index is 0.316. The van der Waals surface area contributed by atoms with Gasteiger partial charge < -0.3 is 10.2 Å². The van der Waals surface area contributed by atoms with E-state index in [0.717, 1.165) is 44.8 Å². The minimum Gasteiger partial charge on any atom is -0.352 e. The highest BCUT2D eigenvalue weighted by Crippen LogP contribution is 2.45. The number of likely N-dealkylation sites (tertiary alicyclic amines) is 1. The smallest absolute Gasteiger partial charge is 0.223 e. The van der Waals surface area contributed by atoms with Gasteiger partial charge in [0.25, 0.3) is 0 Å². The summed E-state index contributed by atoms with van der Waals surface area (Å²) in [6.07, 6.45) is 8.68. The van der Waals surface area contributed by atoms with Crippen LogP contribution in [0.25, 0.3) is 0 Å². The van der Waals surface area contributed by atoms with Crippen molar-refractivity contribution in [2.45, 2.75) is 51.0 Å². The van der Waals surface area contributed by atoms with Crippen molar-refractivity contribution < 1.29 is 4.79 Å². The Bertz CT molecular complexity index is 550. The van der Waals surface area contributed by atoms with Crippen molar-refractivity contribution in [3.63, 3.8) is 0 Å². The fourth-order valence-corrected chi connectivity index (χ4v) is 5.09. The minimum absolute atomic E-state index is 0.316. The van der Waals surface area contributed by atoms with E-state index < -0.39 is 0 Å². The van der Waals surface area contributed by atoms with Gasteiger partial charge in [0.15, 0.2) is 0 Å². The average molecular weight is 326 g/mol. The molecule has 1 amide bonds. The number of nitrogens with zero attached hydrogens (tertiary/aromatic N) is 1. The Kier molecular flexibility index (Phi) is 4.88. The number of hydrogen-bond donors (Lipinski definition) is 1. The number of benzene rings is 1. The zero-order chi connectivity index (χ0) is 16.4. The first-order valence-electron chi connectivity index (χ1n) is 9.84. The predicted octanol–water partition coefficient (Wildman–Crippen LogP) is 3.25. The summed E-state index contributed by atoms with van der Waals surface area (Å²) in [5.41, 5.74) is 1.41. The van der Waals surface area contributed by atoms with Crippen molar-refractivity contribution in [1.82, 2.24) is 10.2 Å². The summed E-state index contributed by atoms with van der Waals surface area (Å²) >= 11 is 0. The third-order valence-electron chi connectivity index (χ3n) is 6.56. The van der Waals surface area contributed by atoms with Gasteiger partial charge in [0.05, 0.1) is 0 Å². The quantitative estimate of drug-likeness (QED) is 0.901. The fourth-order valence-electron chi connectivity index (χ4n) is 5.09. The van der Waals surface area contributed by atoms with Crippen LogP contribution in [-0.4, -0.2) is 36.5 Å². The van der Waals surface area contributed by atoms with Crippen molar-refractivity contribution in [2.24, 2.45) is 17.8 Å². The molecule has 1 aromatic carbocycles. The van der Waals surface area contributed by atoms with E-state index in [1.54, 1.807) is 0 Å². The molecule has 1 heterocycles. The molecular weight excluding hydrogens is 296 g/mol. The first-order chi connectivity index (χ1) is 11.8. The van der Waals surface area contributed by atoms with Gasteiger partial charge in [-0.15, -0.1) is 0 Å². The lowest BCUT2D eigenvalue weighted by Gasteiger charge is -2.41. The van der Waals surface area contributed by atoms with Crippen molar-refractivity contribution in [1.29, 1.82) is 0 Å². The van der Waals surface area contributed by atoms with Gasteiger partial charge in [-0.25, -0.2) is 0 Å². The van der Waals surface area contributed by atoms with Gasteiger partial charge in [0.2, 0.25) is 5.91 Å². The van der Waals surface area contributed by atoms with Crippen molar-refractivity contribution in [3.8, 4) is 0 Å². The summed E-state index contributed by atoms with van der Waals surface area (Å²) in [4.78, 5) is 15.2. The molecule has 0 aromatic heterocycles. The molecule has 1 saturated heterocycles. The van der Waals surface area contributed by atoms with E-state index in [9.17, 15) is 4.79 Å². The monoisotopic (exact) mass is 326 g/mol. The van der Waals surface area contributed by atoms with Crippen LogP contribution in [0.4, 0.5) is 0 Å². The second kappa shape index (κ2) is 7.26. The Morgan fingerprint density at radius 2 is 1.88 bits per heavy atom. The van der Waals surface area contributed by atoms with Crippen molar-refractivity contribution in [2.75, 3.05) is 19.6 Å². The Hall–Kier alpha value is -1.35. The molecule has 130 valence electrons. The average Bonchev–Trinajstić information content (AvgIpc) is 3.09. The fraction of sp³-hybridized carbons (Fsp3) is 0.667. The van der Waals surface area contributed by atoms with Gasteiger partial charge in [0.1, 0.15) is 0 Å². The van der Waals surface area contributed by atoms with E-state index in [4.69, 9.17) is 0 Å². The second-order valence-electron chi connectivity index (χ2n) is 8.15. The van der Waals surface area contributed by atoms with E-state index in [1.807, 2.05) is 0 Å². The van der Waals surface area contributed by atoms with Crippen molar-refractivity contribution in [3.05, 3.63) is 35.9 Å². The standard InChI is InChI=1S/C21H30N2O/c24-21(20-14-17-6-8-18(20)9-7-17)22-19-11-13-23(15-19)12-10-16-4-2-1-3-5-16/h1-5,17-20H,6-15H2,(H,22,24)/t17?,18?,19?,20-/m0/s1. The molecule has 24 heavy (non-hydrogen) atoms. The molecule has 0 spiro atoms. The summed E-state index contributed by atoms with van der Waals surface area (Å²) in [6, 6.07) is 11.1. The zero-order valence-corrected chi connectivity index (χ0v) is 14.6. The van der Waals surface area contributed by atoms with Crippen LogP contribution in [0.2, 0.25) is 0 Å². The number of carbonyl (C=O) groups excluding carboxylic acids is 1. The Morgan fingerprint density at radius 1 is 1.08 bits per heavy atom. The molecule has 4 aliphatic rings. The van der Waals surface area contributed by atoms with Crippen LogP contribution < -0.4 is 5.32 Å². The molecule has 3 nitrogen and oxygen atoms in total. The summed E-state index contributed by atoms with van der Waals surface area (Å²) in [5, 5.41) is 3.38. The Morgan fingerprint density at radius 3 is 2.58 bits per heavy atom. The molecule has 3 saturated carbocycles. The first-order valence-corrected chi connectivity index (χ1v) is 9.84. The predicted molar refractivity (Wildman–Crippen MR) is 96.7 cm³/mol. The molecule has 1 aliphatic heterocycles. The van der Waals surface area contributed by atoms with Gasteiger partial charge in [-0.2, -0.15) is 0 Å². The number of amides is 1. The highest BCUT2D eigenvalue weighted by atomic mass is 16.2. The first kappa shape index (κ1) is 16.1. The normalized spacial score (nSPS) is 32.8. The second-order valence-corrected chi connectivity index (χ2v) is 8.15. The van der Waals surface area contributed by atoms with E-state index in [1.165, 1.54) is 31.2 Å².